The molecular weight excluding hydrogens is 649 g/mol. The van der Waals surface area contributed by atoms with Crippen LogP contribution >= 0.6 is 11.6 Å². The van der Waals surface area contributed by atoms with Crippen molar-refractivity contribution in [3.05, 3.63) is 112 Å². The van der Waals surface area contributed by atoms with Gasteiger partial charge < -0.3 is 24.7 Å². The second-order valence-corrected chi connectivity index (χ2v) is 12.1. The Morgan fingerprint density at radius 2 is 1.38 bits per heavy atom. The van der Waals surface area contributed by atoms with Crippen molar-refractivity contribution in [2.45, 2.75) is 32.1 Å². The summed E-state index contributed by atoms with van der Waals surface area (Å²) in [7, 11) is 4.12. The number of anilines is 1. The van der Waals surface area contributed by atoms with Crippen LogP contribution in [0.15, 0.2) is 78.9 Å². The van der Waals surface area contributed by atoms with E-state index in [1.807, 2.05) is 42.5 Å². The van der Waals surface area contributed by atoms with Crippen molar-refractivity contribution in [2.24, 2.45) is 0 Å². The van der Waals surface area contributed by atoms with Gasteiger partial charge in [0.1, 0.15) is 6.54 Å². The summed E-state index contributed by atoms with van der Waals surface area (Å²) in [6, 6.07) is 20.4. The number of hydrogen-bond acceptors (Lipinski definition) is 5. The minimum absolute atomic E-state index is 0.00327. The van der Waals surface area contributed by atoms with Gasteiger partial charge in [-0.1, -0.05) is 48.0 Å². The van der Waals surface area contributed by atoms with Crippen LogP contribution in [0.25, 0.3) is 0 Å². The van der Waals surface area contributed by atoms with Crippen molar-refractivity contribution in [1.82, 2.24) is 14.7 Å². The molecule has 0 saturated heterocycles. The number of aliphatic carboxylic acids is 1. The minimum Gasteiger partial charge on any atom is -0.475 e. The lowest BCUT2D eigenvalue weighted by Crippen LogP contribution is -2.39. The number of benzene rings is 3. The van der Waals surface area contributed by atoms with Crippen LogP contribution in [0, 0.1) is 0 Å². The van der Waals surface area contributed by atoms with Gasteiger partial charge in [0.25, 0.3) is 11.8 Å². The molecule has 0 radical (unpaired) electrons. The van der Waals surface area contributed by atoms with Crippen molar-refractivity contribution < 1.29 is 37.5 Å². The molecule has 3 aromatic rings. The van der Waals surface area contributed by atoms with Crippen LogP contribution in [0.4, 0.5) is 18.9 Å². The Morgan fingerprint density at radius 1 is 0.833 bits per heavy atom. The van der Waals surface area contributed by atoms with E-state index in [0.29, 0.717) is 42.3 Å². The second kappa shape index (κ2) is 15.9. The number of amides is 3. The van der Waals surface area contributed by atoms with E-state index >= 15 is 0 Å². The first kappa shape index (κ1) is 36.2. The number of carbonyl (C=O) groups excluding carboxylic acids is 3. The van der Waals surface area contributed by atoms with Gasteiger partial charge in [0.15, 0.2) is 0 Å². The van der Waals surface area contributed by atoms with Crippen LogP contribution in [0.3, 0.4) is 0 Å². The zero-order valence-electron chi connectivity index (χ0n) is 26.5. The number of carboxylic acids is 1. The summed E-state index contributed by atoms with van der Waals surface area (Å²) >= 11 is 6.03. The highest BCUT2D eigenvalue weighted by atomic mass is 35.5. The number of hydrogen-bond donors (Lipinski definition) is 1. The highest BCUT2D eigenvalue weighted by Gasteiger charge is 2.38. The molecule has 9 nitrogen and oxygen atoms in total. The molecule has 0 atom stereocenters. The van der Waals surface area contributed by atoms with Crippen LogP contribution in [-0.2, 0) is 29.1 Å². The molecule has 254 valence electrons. The predicted octanol–water partition coefficient (Wildman–Crippen LogP) is 5.67. The van der Waals surface area contributed by atoms with Crippen molar-refractivity contribution in [2.75, 3.05) is 45.2 Å². The Labute approximate surface area is 281 Å². The topological polar surface area (TPSA) is 101 Å². The van der Waals surface area contributed by atoms with Crippen molar-refractivity contribution >= 4 is 41.0 Å². The average Bonchev–Trinajstić information content (AvgIpc) is 3.55. The lowest BCUT2D eigenvalue weighted by Gasteiger charge is -2.24. The van der Waals surface area contributed by atoms with Gasteiger partial charge in [-0.15, -0.1) is 0 Å². The van der Waals surface area contributed by atoms with Gasteiger partial charge in [0.2, 0.25) is 5.91 Å². The van der Waals surface area contributed by atoms with Crippen LogP contribution < -0.4 is 4.90 Å². The fraction of sp³-hybridized carbons (Fsp3) is 0.314. The number of halogens is 4. The number of carbonyl (C=O) groups is 4. The molecule has 0 fully saturated rings. The van der Waals surface area contributed by atoms with E-state index in [9.17, 15) is 27.6 Å². The summed E-state index contributed by atoms with van der Waals surface area (Å²) in [4.78, 5) is 56.2. The summed E-state index contributed by atoms with van der Waals surface area (Å²) in [5, 5.41) is 7.68. The quantitative estimate of drug-likeness (QED) is 0.307. The van der Waals surface area contributed by atoms with E-state index in [-0.39, 0.29) is 24.3 Å². The van der Waals surface area contributed by atoms with Crippen LogP contribution in [0.2, 0.25) is 5.02 Å². The third-order valence-electron chi connectivity index (χ3n) is 7.77. The van der Waals surface area contributed by atoms with Crippen LogP contribution in [0.1, 0.15) is 43.8 Å². The van der Waals surface area contributed by atoms with Gasteiger partial charge in [-0.2, -0.15) is 13.2 Å². The normalized spacial score (nSPS) is 14.4. The Kier molecular flexibility index (Phi) is 12.0. The fourth-order valence-corrected chi connectivity index (χ4v) is 5.37. The standard InChI is InChI=1S/C33H35ClN4O3.C2HF3O2/c1-35(2)17-5-6-24-7-12-28-22-37(33(41)27-13-15-29(34)16-14-27)23-31(39)38(30(28)20-24)21-25-8-10-26(11-9-25)32(40)36-18-3-4-19-36;3-2(4,5)1(6)7/h3-4,7-16,20H,5-6,17-19,21-23H2,1-2H3;(H,6,7). The van der Waals surface area contributed by atoms with Crippen LogP contribution in [0.5, 0.6) is 0 Å². The van der Waals surface area contributed by atoms with Crippen molar-refractivity contribution in [3.63, 3.8) is 0 Å². The molecular formula is C35H36ClF3N4O5. The third-order valence-corrected chi connectivity index (χ3v) is 8.02. The molecule has 0 spiro atoms. The maximum absolute atomic E-state index is 13.8. The first-order valence-corrected chi connectivity index (χ1v) is 15.6. The van der Waals surface area contributed by atoms with Gasteiger partial charge in [-0.05, 0) is 92.6 Å². The van der Waals surface area contributed by atoms with E-state index in [1.54, 1.807) is 39.0 Å². The number of fused-ring (bicyclic) bond motifs is 1. The maximum Gasteiger partial charge on any atom is 0.490 e. The van der Waals surface area contributed by atoms with Gasteiger partial charge in [-0.25, -0.2) is 4.79 Å². The van der Waals surface area contributed by atoms with Gasteiger partial charge in [0, 0.05) is 41.5 Å². The van der Waals surface area contributed by atoms with E-state index in [4.69, 9.17) is 21.5 Å². The molecule has 0 bridgehead atoms. The van der Waals surface area contributed by atoms with Gasteiger partial charge in [-0.3, -0.25) is 14.4 Å². The Balaban J connectivity index is 0.000000671. The Bertz CT molecular complexity index is 1650. The van der Waals surface area contributed by atoms with E-state index in [2.05, 4.69) is 31.1 Å². The molecule has 0 aromatic heterocycles. The molecule has 48 heavy (non-hydrogen) atoms. The molecule has 0 saturated carbocycles. The van der Waals surface area contributed by atoms with Crippen molar-refractivity contribution in [1.29, 1.82) is 0 Å². The molecule has 0 aliphatic carbocycles. The smallest absolute Gasteiger partial charge is 0.475 e. The fourth-order valence-electron chi connectivity index (χ4n) is 5.25. The van der Waals surface area contributed by atoms with Gasteiger partial charge >= 0.3 is 12.1 Å². The summed E-state index contributed by atoms with van der Waals surface area (Å²) in [5.41, 5.74) is 4.93. The monoisotopic (exact) mass is 684 g/mol. The van der Waals surface area contributed by atoms with E-state index in [0.717, 1.165) is 41.8 Å². The molecule has 2 heterocycles. The maximum atomic E-state index is 13.8. The highest BCUT2D eigenvalue weighted by Crippen LogP contribution is 2.30. The Hall–Kier alpha value is -4.68. The van der Waals surface area contributed by atoms with E-state index in [1.165, 1.54) is 0 Å². The summed E-state index contributed by atoms with van der Waals surface area (Å²) < 4.78 is 31.7. The first-order valence-electron chi connectivity index (χ1n) is 15.2. The zero-order chi connectivity index (χ0) is 35.0. The van der Waals surface area contributed by atoms with Crippen molar-refractivity contribution in [3.8, 4) is 0 Å². The molecule has 2 aliphatic heterocycles. The summed E-state index contributed by atoms with van der Waals surface area (Å²) in [6.07, 6.45) is 0.792. The van der Waals surface area contributed by atoms with E-state index < -0.39 is 12.1 Å². The molecule has 1 N–H and O–H groups in total. The zero-order valence-corrected chi connectivity index (χ0v) is 27.3. The summed E-state index contributed by atoms with van der Waals surface area (Å²) in [5.74, 6) is -3.12. The Morgan fingerprint density at radius 3 is 1.94 bits per heavy atom. The molecule has 2 aliphatic rings. The molecule has 3 amide bonds. The number of rotatable bonds is 8. The average molecular weight is 685 g/mol. The highest BCUT2D eigenvalue weighted by molar-refractivity contribution is 6.30. The summed E-state index contributed by atoms with van der Waals surface area (Å²) in [6.45, 7) is 2.86. The number of nitrogens with zero attached hydrogens (tertiary/aromatic N) is 4. The molecule has 0 unspecified atom stereocenters. The number of carboxylic acid groups (broad SMARTS) is 1. The minimum atomic E-state index is -5.08. The van der Waals surface area contributed by atoms with Gasteiger partial charge in [0.05, 0.1) is 6.54 Å². The SMILES string of the molecule is CN(C)CCCc1ccc2c(c1)N(Cc1ccc(C(=O)N3CC=CC3)cc1)C(=O)CN(C(=O)c1ccc(Cl)cc1)C2.O=C(O)C(F)(F)F. The lowest BCUT2D eigenvalue weighted by molar-refractivity contribution is -0.192. The molecule has 3 aromatic carbocycles. The second-order valence-electron chi connectivity index (χ2n) is 11.7. The molecule has 5 rings (SSSR count). The number of alkyl halides is 3. The number of aryl methyl sites for hydroxylation is 1. The largest absolute Gasteiger partial charge is 0.490 e. The predicted molar refractivity (Wildman–Crippen MR) is 176 cm³/mol. The molecule has 13 heteroatoms. The lowest BCUT2D eigenvalue weighted by atomic mass is 10.0. The third kappa shape index (κ3) is 9.68. The first-order chi connectivity index (χ1) is 22.7. The van der Waals surface area contributed by atoms with Crippen LogP contribution in [-0.4, -0.2) is 89.9 Å².